The lowest BCUT2D eigenvalue weighted by Crippen LogP contribution is -2.43. The minimum atomic E-state index is -1.07. The Morgan fingerprint density at radius 2 is 2.21 bits per heavy atom. The van der Waals surface area contributed by atoms with E-state index in [-0.39, 0.29) is 13.0 Å². The molecule has 0 saturated heterocycles. The number of fused-ring (bicyclic) bond motifs is 1. The lowest BCUT2D eigenvalue weighted by atomic mass is 10.0. The molecule has 0 saturated carbocycles. The fourth-order valence-electron chi connectivity index (χ4n) is 2.44. The molecule has 0 aliphatic carbocycles. The maximum absolute atomic E-state index is 11.9. The van der Waals surface area contributed by atoms with E-state index in [4.69, 9.17) is 4.74 Å². The third kappa shape index (κ3) is 4.82. The van der Waals surface area contributed by atoms with Gasteiger partial charge in [0.15, 0.2) is 0 Å². The summed E-state index contributed by atoms with van der Waals surface area (Å²) in [5, 5.41) is 12.8. The van der Waals surface area contributed by atoms with Crippen molar-refractivity contribution in [3.8, 4) is 0 Å². The number of amides is 1. The van der Waals surface area contributed by atoms with Crippen LogP contribution in [-0.2, 0) is 20.7 Å². The van der Waals surface area contributed by atoms with E-state index >= 15 is 0 Å². The zero-order chi connectivity index (χ0) is 17.5. The number of hydrogen-bond acceptors (Lipinski definition) is 3. The SMILES string of the molecule is CCCCOCC(=O)NC(Cc1c[nH]c2cccc(Br)c12)C(=O)O. The monoisotopic (exact) mass is 396 g/mol. The van der Waals surface area contributed by atoms with E-state index in [0.717, 1.165) is 33.8 Å². The van der Waals surface area contributed by atoms with Crippen molar-refractivity contribution in [1.82, 2.24) is 10.3 Å². The van der Waals surface area contributed by atoms with Crippen LogP contribution in [0.2, 0.25) is 0 Å². The van der Waals surface area contributed by atoms with Crippen molar-refractivity contribution in [2.45, 2.75) is 32.2 Å². The number of aliphatic carboxylic acids is 1. The zero-order valence-electron chi connectivity index (χ0n) is 13.5. The summed E-state index contributed by atoms with van der Waals surface area (Å²) in [5.41, 5.74) is 1.75. The normalized spacial score (nSPS) is 12.2. The molecule has 7 heteroatoms. The summed E-state index contributed by atoms with van der Waals surface area (Å²) in [7, 11) is 0. The number of aromatic nitrogens is 1. The number of carbonyl (C=O) groups excluding carboxylic acids is 1. The summed E-state index contributed by atoms with van der Waals surface area (Å²) in [4.78, 5) is 26.5. The van der Waals surface area contributed by atoms with Crippen LogP contribution in [0.3, 0.4) is 0 Å². The number of H-pyrrole nitrogens is 1. The van der Waals surface area contributed by atoms with Crippen molar-refractivity contribution in [3.05, 3.63) is 34.4 Å². The predicted molar refractivity (Wildman–Crippen MR) is 95.0 cm³/mol. The van der Waals surface area contributed by atoms with Gasteiger partial charge in [0, 0.05) is 34.6 Å². The van der Waals surface area contributed by atoms with Crippen LogP contribution in [0.25, 0.3) is 10.9 Å². The highest BCUT2D eigenvalue weighted by atomic mass is 79.9. The summed E-state index contributed by atoms with van der Waals surface area (Å²) in [6.45, 7) is 2.40. The molecule has 130 valence electrons. The number of halogens is 1. The van der Waals surface area contributed by atoms with Crippen molar-refractivity contribution in [2.24, 2.45) is 0 Å². The number of carbonyl (C=O) groups is 2. The highest BCUT2D eigenvalue weighted by Crippen LogP contribution is 2.27. The van der Waals surface area contributed by atoms with Crippen LogP contribution in [0.4, 0.5) is 0 Å². The van der Waals surface area contributed by atoms with Crippen molar-refractivity contribution >= 4 is 38.7 Å². The molecule has 3 N–H and O–H groups in total. The number of ether oxygens (including phenoxy) is 1. The van der Waals surface area contributed by atoms with E-state index in [1.165, 1.54) is 0 Å². The van der Waals surface area contributed by atoms with Crippen LogP contribution in [0, 0.1) is 0 Å². The summed E-state index contributed by atoms with van der Waals surface area (Å²) >= 11 is 3.48. The zero-order valence-corrected chi connectivity index (χ0v) is 15.1. The van der Waals surface area contributed by atoms with E-state index in [9.17, 15) is 14.7 Å². The molecule has 6 nitrogen and oxygen atoms in total. The Kier molecular flexibility index (Phi) is 6.81. The van der Waals surface area contributed by atoms with Gasteiger partial charge in [-0.1, -0.05) is 35.3 Å². The summed E-state index contributed by atoms with van der Waals surface area (Å²) in [6.07, 6.45) is 3.82. The first-order chi connectivity index (χ1) is 11.5. The molecule has 1 aromatic heterocycles. The number of benzene rings is 1. The molecule has 0 fully saturated rings. The van der Waals surface area contributed by atoms with Gasteiger partial charge < -0.3 is 20.1 Å². The van der Waals surface area contributed by atoms with Crippen molar-refractivity contribution in [2.75, 3.05) is 13.2 Å². The number of hydrogen-bond donors (Lipinski definition) is 3. The molecule has 1 unspecified atom stereocenters. The van der Waals surface area contributed by atoms with Gasteiger partial charge in [-0.25, -0.2) is 4.79 Å². The standard InChI is InChI=1S/C17H21BrN2O4/c1-2-3-7-24-10-15(21)20-14(17(22)23)8-11-9-19-13-6-4-5-12(18)16(11)13/h4-6,9,14,19H,2-3,7-8,10H2,1H3,(H,20,21)(H,22,23). The third-order valence-electron chi connectivity index (χ3n) is 3.67. The molecule has 1 aromatic carbocycles. The van der Waals surface area contributed by atoms with Gasteiger partial charge >= 0.3 is 5.97 Å². The Balaban J connectivity index is 2.03. The number of carboxylic acid groups (broad SMARTS) is 1. The second-order valence-corrected chi connectivity index (χ2v) is 6.40. The molecule has 0 spiro atoms. The van der Waals surface area contributed by atoms with Crippen molar-refractivity contribution < 1.29 is 19.4 Å². The molecule has 0 aliphatic heterocycles. The second-order valence-electron chi connectivity index (χ2n) is 5.54. The van der Waals surface area contributed by atoms with Crippen molar-refractivity contribution in [1.29, 1.82) is 0 Å². The Bertz CT molecular complexity index is 714. The quantitative estimate of drug-likeness (QED) is 0.568. The van der Waals surface area contributed by atoms with Crippen molar-refractivity contribution in [3.63, 3.8) is 0 Å². The van der Waals surface area contributed by atoms with Gasteiger partial charge in [-0.15, -0.1) is 0 Å². The van der Waals surface area contributed by atoms with Crippen LogP contribution >= 0.6 is 15.9 Å². The lowest BCUT2D eigenvalue weighted by molar-refractivity contribution is -0.142. The first-order valence-electron chi connectivity index (χ1n) is 7.87. The smallest absolute Gasteiger partial charge is 0.326 e. The molecule has 1 atom stereocenters. The Hall–Kier alpha value is -1.86. The van der Waals surface area contributed by atoms with Crippen LogP contribution in [0.5, 0.6) is 0 Å². The lowest BCUT2D eigenvalue weighted by Gasteiger charge is -2.14. The molecular weight excluding hydrogens is 376 g/mol. The van der Waals surface area contributed by atoms with Gasteiger partial charge in [0.1, 0.15) is 12.6 Å². The average molecular weight is 397 g/mol. The Morgan fingerprint density at radius 1 is 1.42 bits per heavy atom. The van der Waals surface area contributed by atoms with Gasteiger partial charge in [-0.05, 0) is 24.1 Å². The largest absolute Gasteiger partial charge is 0.480 e. The number of carboxylic acids is 1. The van der Waals surface area contributed by atoms with Gasteiger partial charge in [0.2, 0.25) is 5.91 Å². The molecule has 1 amide bonds. The number of aromatic amines is 1. The fraction of sp³-hybridized carbons (Fsp3) is 0.412. The number of rotatable bonds is 9. The summed E-state index contributed by atoms with van der Waals surface area (Å²) in [5.74, 6) is -1.49. The molecule has 24 heavy (non-hydrogen) atoms. The Labute approximate surface area is 148 Å². The van der Waals surface area contributed by atoms with E-state index < -0.39 is 17.9 Å². The highest BCUT2D eigenvalue weighted by molar-refractivity contribution is 9.10. The van der Waals surface area contributed by atoms with E-state index in [1.54, 1.807) is 6.20 Å². The molecule has 0 bridgehead atoms. The predicted octanol–water partition coefficient (Wildman–Crippen LogP) is 2.86. The van der Waals surface area contributed by atoms with Gasteiger partial charge in [-0.3, -0.25) is 4.79 Å². The maximum atomic E-state index is 11.9. The molecular formula is C17H21BrN2O4. The first kappa shape index (κ1) is 18.5. The topological polar surface area (TPSA) is 91.4 Å². The average Bonchev–Trinajstić information content (AvgIpc) is 2.95. The Morgan fingerprint density at radius 3 is 2.92 bits per heavy atom. The molecule has 0 radical (unpaired) electrons. The second kappa shape index (κ2) is 8.84. The maximum Gasteiger partial charge on any atom is 0.326 e. The van der Waals surface area contributed by atoms with Crippen LogP contribution in [0.1, 0.15) is 25.3 Å². The summed E-state index contributed by atoms with van der Waals surface area (Å²) in [6, 6.07) is 4.71. The van der Waals surface area contributed by atoms with Gasteiger partial charge in [0.05, 0.1) is 0 Å². The fourth-order valence-corrected chi connectivity index (χ4v) is 3.06. The van der Waals surface area contributed by atoms with Gasteiger partial charge in [-0.2, -0.15) is 0 Å². The number of unbranched alkanes of at least 4 members (excludes halogenated alkanes) is 1. The first-order valence-corrected chi connectivity index (χ1v) is 8.66. The minimum absolute atomic E-state index is 0.124. The molecule has 2 rings (SSSR count). The molecule has 0 aliphatic rings. The number of nitrogens with one attached hydrogen (secondary N) is 2. The molecule has 1 heterocycles. The highest BCUT2D eigenvalue weighted by Gasteiger charge is 2.22. The van der Waals surface area contributed by atoms with Gasteiger partial charge in [0.25, 0.3) is 0 Å². The summed E-state index contributed by atoms with van der Waals surface area (Å²) < 4.78 is 6.11. The van der Waals surface area contributed by atoms with E-state index in [2.05, 4.69) is 26.2 Å². The minimum Gasteiger partial charge on any atom is -0.480 e. The third-order valence-corrected chi connectivity index (χ3v) is 4.33. The van der Waals surface area contributed by atoms with Crippen LogP contribution < -0.4 is 5.32 Å². The van der Waals surface area contributed by atoms with Crippen LogP contribution in [0.15, 0.2) is 28.9 Å². The van der Waals surface area contributed by atoms with Crippen LogP contribution in [-0.4, -0.2) is 41.2 Å². The van der Waals surface area contributed by atoms with E-state index in [1.807, 2.05) is 25.1 Å². The van der Waals surface area contributed by atoms with E-state index in [0.29, 0.717) is 6.61 Å². The molecule has 2 aromatic rings.